The molecule has 0 aliphatic heterocycles. The number of ether oxygens (including phenoxy) is 1. The smallest absolute Gasteiger partial charge is 0.261 e. The van der Waals surface area contributed by atoms with Crippen LogP contribution in [0.4, 0.5) is 5.13 Å². The van der Waals surface area contributed by atoms with Gasteiger partial charge < -0.3 is 4.74 Å². The summed E-state index contributed by atoms with van der Waals surface area (Å²) < 4.78 is 5.22. The first kappa shape index (κ1) is 21.3. The van der Waals surface area contributed by atoms with Crippen LogP contribution < -0.4 is 9.64 Å². The second kappa shape index (κ2) is 10.4. The molecule has 29 heavy (non-hydrogen) atoms. The number of amides is 1. The average Bonchev–Trinajstić information content (AvgIpc) is 3.23. The summed E-state index contributed by atoms with van der Waals surface area (Å²) >= 11 is 7.76. The van der Waals surface area contributed by atoms with Crippen molar-refractivity contribution in [1.29, 1.82) is 0 Å². The lowest BCUT2D eigenvalue weighted by Gasteiger charge is -2.20. The fraction of sp³-hybridized carbons (Fsp3) is 0.304. The third kappa shape index (κ3) is 5.37. The molecule has 1 heterocycles. The molecule has 2 aromatic carbocycles. The Morgan fingerprint density at radius 3 is 2.55 bits per heavy atom. The summed E-state index contributed by atoms with van der Waals surface area (Å²) in [6, 6.07) is 14.9. The van der Waals surface area contributed by atoms with Crippen molar-refractivity contribution in [2.75, 3.05) is 18.6 Å². The van der Waals surface area contributed by atoms with Gasteiger partial charge in [0.1, 0.15) is 5.75 Å². The first-order valence-electron chi connectivity index (χ1n) is 9.80. The molecule has 152 valence electrons. The molecule has 6 heteroatoms. The van der Waals surface area contributed by atoms with Crippen LogP contribution in [0.25, 0.3) is 11.3 Å². The van der Waals surface area contributed by atoms with Crippen molar-refractivity contribution >= 4 is 34.0 Å². The third-order valence-corrected chi connectivity index (χ3v) is 5.89. The van der Waals surface area contributed by atoms with E-state index in [1.165, 1.54) is 11.3 Å². The lowest BCUT2D eigenvalue weighted by atomic mass is 10.1. The average molecular weight is 429 g/mol. The number of halogens is 1. The predicted molar refractivity (Wildman–Crippen MR) is 121 cm³/mol. The van der Waals surface area contributed by atoms with Crippen LogP contribution in [-0.4, -0.2) is 24.5 Å². The molecule has 0 radical (unpaired) electrons. The van der Waals surface area contributed by atoms with Crippen LogP contribution in [0.15, 0.2) is 53.9 Å². The lowest BCUT2D eigenvalue weighted by Crippen LogP contribution is -2.32. The number of aromatic nitrogens is 1. The van der Waals surface area contributed by atoms with Gasteiger partial charge in [-0.05, 0) is 42.8 Å². The van der Waals surface area contributed by atoms with Crippen molar-refractivity contribution in [3.63, 3.8) is 0 Å². The van der Waals surface area contributed by atoms with Gasteiger partial charge >= 0.3 is 0 Å². The molecule has 0 N–H and O–H groups in total. The zero-order valence-corrected chi connectivity index (χ0v) is 18.3. The minimum atomic E-state index is -0.109. The first-order chi connectivity index (χ1) is 14.1. The minimum Gasteiger partial charge on any atom is -0.497 e. The third-order valence-electron chi connectivity index (χ3n) is 4.69. The van der Waals surface area contributed by atoms with E-state index in [4.69, 9.17) is 21.3 Å². The number of thiazole rings is 1. The van der Waals surface area contributed by atoms with Crippen LogP contribution in [-0.2, 0) is 0 Å². The van der Waals surface area contributed by atoms with E-state index >= 15 is 0 Å². The quantitative estimate of drug-likeness (QED) is 0.356. The second-order valence-corrected chi connectivity index (χ2v) is 7.98. The molecule has 0 atom stereocenters. The van der Waals surface area contributed by atoms with E-state index in [0.717, 1.165) is 42.7 Å². The summed E-state index contributed by atoms with van der Waals surface area (Å²) in [5.74, 6) is 0.693. The predicted octanol–water partition coefficient (Wildman–Crippen LogP) is 6.70. The number of methoxy groups -OCH3 is 1. The van der Waals surface area contributed by atoms with Gasteiger partial charge in [0.15, 0.2) is 5.13 Å². The molecule has 3 rings (SSSR count). The Morgan fingerprint density at radius 1 is 1.10 bits per heavy atom. The Kier molecular flexibility index (Phi) is 7.67. The Bertz CT molecular complexity index is 940. The van der Waals surface area contributed by atoms with Crippen molar-refractivity contribution in [2.45, 2.75) is 32.6 Å². The second-order valence-electron chi connectivity index (χ2n) is 6.74. The molecule has 0 aliphatic rings. The van der Waals surface area contributed by atoms with E-state index in [-0.39, 0.29) is 5.91 Å². The van der Waals surface area contributed by atoms with Crippen LogP contribution in [0.5, 0.6) is 5.75 Å². The van der Waals surface area contributed by atoms with Crippen molar-refractivity contribution in [3.8, 4) is 17.0 Å². The molecule has 1 aromatic heterocycles. The van der Waals surface area contributed by atoms with E-state index in [2.05, 4.69) is 6.92 Å². The Hall–Kier alpha value is -2.37. The summed E-state index contributed by atoms with van der Waals surface area (Å²) in [6.45, 7) is 2.80. The number of nitrogens with zero attached hydrogens (tertiary/aromatic N) is 2. The van der Waals surface area contributed by atoms with Gasteiger partial charge in [-0.3, -0.25) is 9.69 Å². The van der Waals surface area contributed by atoms with Gasteiger partial charge in [0.2, 0.25) is 0 Å². The van der Waals surface area contributed by atoms with Crippen molar-refractivity contribution in [3.05, 3.63) is 64.5 Å². The highest BCUT2D eigenvalue weighted by atomic mass is 35.5. The fourth-order valence-electron chi connectivity index (χ4n) is 3.04. The highest BCUT2D eigenvalue weighted by molar-refractivity contribution is 7.14. The summed E-state index contributed by atoms with van der Waals surface area (Å²) in [4.78, 5) is 19.8. The van der Waals surface area contributed by atoms with Crippen molar-refractivity contribution in [2.24, 2.45) is 0 Å². The van der Waals surface area contributed by atoms with Crippen LogP contribution >= 0.6 is 22.9 Å². The number of carbonyl (C=O) groups is 1. The maximum absolute atomic E-state index is 13.3. The molecule has 0 unspecified atom stereocenters. The van der Waals surface area contributed by atoms with E-state index < -0.39 is 0 Å². The summed E-state index contributed by atoms with van der Waals surface area (Å²) in [7, 11) is 1.65. The molecular weight excluding hydrogens is 404 g/mol. The van der Waals surface area contributed by atoms with Crippen molar-refractivity contribution in [1.82, 2.24) is 4.98 Å². The number of carbonyl (C=O) groups excluding carboxylic acids is 1. The molecule has 0 aliphatic carbocycles. The molecule has 4 nitrogen and oxygen atoms in total. The van der Waals surface area contributed by atoms with Crippen LogP contribution in [0.1, 0.15) is 43.0 Å². The van der Waals surface area contributed by atoms with Gasteiger partial charge in [-0.2, -0.15) is 0 Å². The number of hydrogen-bond donors (Lipinski definition) is 0. The molecule has 0 fully saturated rings. The molecule has 3 aromatic rings. The number of anilines is 1. The SMILES string of the molecule is CCCCCCN(C(=O)c1ccccc1Cl)c1nc(-c2ccc(OC)cc2)cs1. The van der Waals surface area contributed by atoms with Gasteiger partial charge in [-0.25, -0.2) is 4.98 Å². The van der Waals surface area contributed by atoms with Gasteiger partial charge in [0.25, 0.3) is 5.91 Å². The van der Waals surface area contributed by atoms with Crippen LogP contribution in [0, 0.1) is 0 Å². The number of unbranched alkanes of at least 4 members (excludes halogenated alkanes) is 3. The largest absolute Gasteiger partial charge is 0.497 e. The standard InChI is InChI=1S/C23H25ClN2O2S/c1-3-4-5-8-15-26(22(27)19-9-6-7-10-20(19)24)23-25-21(16-29-23)17-11-13-18(28-2)14-12-17/h6-7,9-14,16H,3-5,8,15H2,1-2H3. The van der Waals surface area contributed by atoms with Crippen LogP contribution in [0.2, 0.25) is 5.02 Å². The normalized spacial score (nSPS) is 10.7. The summed E-state index contributed by atoms with van der Waals surface area (Å²) in [6.07, 6.45) is 4.32. The lowest BCUT2D eigenvalue weighted by molar-refractivity contribution is 0.0986. The van der Waals surface area contributed by atoms with Gasteiger partial charge in [-0.15, -0.1) is 11.3 Å². The minimum absolute atomic E-state index is 0.109. The summed E-state index contributed by atoms with van der Waals surface area (Å²) in [5, 5.41) is 3.14. The Balaban J connectivity index is 1.86. The van der Waals surface area contributed by atoms with E-state index in [0.29, 0.717) is 22.3 Å². The Morgan fingerprint density at radius 2 is 1.86 bits per heavy atom. The molecular formula is C23H25ClN2O2S. The molecule has 1 amide bonds. The van der Waals surface area contributed by atoms with Gasteiger partial charge in [-0.1, -0.05) is 49.9 Å². The van der Waals surface area contributed by atoms with Gasteiger partial charge in [0, 0.05) is 17.5 Å². The zero-order valence-electron chi connectivity index (χ0n) is 16.7. The number of rotatable bonds is 9. The van der Waals surface area contributed by atoms with Gasteiger partial charge in [0.05, 0.1) is 23.4 Å². The maximum atomic E-state index is 13.3. The molecule has 0 saturated heterocycles. The maximum Gasteiger partial charge on any atom is 0.261 e. The highest BCUT2D eigenvalue weighted by Gasteiger charge is 2.22. The fourth-order valence-corrected chi connectivity index (χ4v) is 4.12. The molecule has 0 spiro atoms. The number of benzene rings is 2. The first-order valence-corrected chi connectivity index (χ1v) is 11.1. The number of hydrogen-bond acceptors (Lipinski definition) is 4. The van der Waals surface area contributed by atoms with E-state index in [1.807, 2.05) is 41.8 Å². The molecule has 0 bridgehead atoms. The monoisotopic (exact) mass is 428 g/mol. The highest BCUT2D eigenvalue weighted by Crippen LogP contribution is 2.30. The van der Waals surface area contributed by atoms with E-state index in [1.54, 1.807) is 24.1 Å². The Labute approximate surface area is 181 Å². The van der Waals surface area contributed by atoms with Crippen molar-refractivity contribution < 1.29 is 9.53 Å². The topological polar surface area (TPSA) is 42.4 Å². The summed E-state index contributed by atoms with van der Waals surface area (Å²) in [5.41, 5.74) is 2.34. The zero-order chi connectivity index (χ0) is 20.6. The molecule has 0 saturated carbocycles. The van der Waals surface area contributed by atoms with E-state index in [9.17, 15) is 4.79 Å². The van der Waals surface area contributed by atoms with Crippen LogP contribution in [0.3, 0.4) is 0 Å².